The van der Waals surface area contributed by atoms with E-state index in [0.717, 1.165) is 48.7 Å². The fourth-order valence-corrected chi connectivity index (χ4v) is 4.99. The van der Waals surface area contributed by atoms with Crippen LogP contribution in [0.1, 0.15) is 17.5 Å². The Balaban J connectivity index is 1.43. The normalized spacial score (nSPS) is 12.1. The van der Waals surface area contributed by atoms with E-state index in [1.165, 1.54) is 0 Å². The number of imidazole rings is 1. The third-order valence-electron chi connectivity index (χ3n) is 4.61. The minimum atomic E-state index is 0.780. The number of hydrazone groups is 1. The molecule has 1 N–H and O–H groups in total. The monoisotopic (exact) mass is 403 g/mol. The van der Waals surface area contributed by atoms with E-state index in [2.05, 4.69) is 45.0 Å². The van der Waals surface area contributed by atoms with Gasteiger partial charge in [-0.1, -0.05) is 53.8 Å². The second-order valence-corrected chi connectivity index (χ2v) is 8.28. The molecule has 0 saturated heterocycles. The first-order valence-corrected chi connectivity index (χ1v) is 10.6. The maximum atomic E-state index is 4.73. The number of rotatable bonds is 4. The summed E-state index contributed by atoms with van der Waals surface area (Å²) in [6.45, 7) is 4.13. The zero-order valence-electron chi connectivity index (χ0n) is 15.4. The van der Waals surface area contributed by atoms with Crippen molar-refractivity contribution in [3.8, 4) is 11.3 Å². The molecule has 0 amide bonds. The Labute approximate surface area is 170 Å². The van der Waals surface area contributed by atoms with Crippen molar-refractivity contribution >= 4 is 49.5 Å². The summed E-state index contributed by atoms with van der Waals surface area (Å²) in [4.78, 5) is 11.5. The smallest absolute Gasteiger partial charge is 0.203 e. The van der Waals surface area contributed by atoms with Gasteiger partial charge in [-0.3, -0.25) is 9.83 Å². The first-order chi connectivity index (χ1) is 13.7. The summed E-state index contributed by atoms with van der Waals surface area (Å²) in [5, 5.41) is 7.39. The highest BCUT2D eigenvalue weighted by Gasteiger charge is 2.15. The van der Waals surface area contributed by atoms with E-state index in [1.54, 1.807) is 22.7 Å². The molecule has 0 unspecified atom stereocenters. The largest absolute Gasteiger partial charge is 0.287 e. The van der Waals surface area contributed by atoms with E-state index in [0.29, 0.717) is 0 Å². The summed E-state index contributed by atoms with van der Waals surface area (Å²) in [5.41, 5.74) is 9.40. The zero-order chi connectivity index (χ0) is 19.1. The fourth-order valence-electron chi connectivity index (χ4n) is 3.25. The molecule has 5 aromatic rings. The lowest BCUT2D eigenvalue weighted by Crippen LogP contribution is -2.00. The molecule has 3 aromatic heterocycles. The maximum absolute atomic E-state index is 4.73. The molecule has 5 rings (SSSR count). The number of para-hydroxylation sites is 2. The minimum Gasteiger partial charge on any atom is -0.287 e. The highest BCUT2D eigenvalue weighted by Crippen LogP contribution is 2.29. The Morgan fingerprint density at radius 3 is 2.68 bits per heavy atom. The lowest BCUT2D eigenvalue weighted by Gasteiger charge is -2.01. The minimum absolute atomic E-state index is 0.780. The van der Waals surface area contributed by atoms with Crippen LogP contribution in [-0.2, 0) is 0 Å². The predicted molar refractivity (Wildman–Crippen MR) is 119 cm³/mol. The van der Waals surface area contributed by atoms with Gasteiger partial charge in [-0.15, -0.1) is 11.3 Å². The topological polar surface area (TPSA) is 54.6 Å². The van der Waals surface area contributed by atoms with Gasteiger partial charge in [0, 0.05) is 16.6 Å². The molecule has 0 fully saturated rings. The Hall–Kier alpha value is -3.03. The van der Waals surface area contributed by atoms with Crippen LogP contribution in [-0.4, -0.2) is 20.1 Å². The lowest BCUT2D eigenvalue weighted by molar-refractivity contribution is 1.16. The van der Waals surface area contributed by atoms with Crippen LogP contribution in [0.4, 0.5) is 5.13 Å². The lowest BCUT2D eigenvalue weighted by atomic mass is 10.2. The van der Waals surface area contributed by atoms with Crippen LogP contribution < -0.4 is 5.43 Å². The van der Waals surface area contributed by atoms with Gasteiger partial charge in [0.1, 0.15) is 0 Å². The fraction of sp³-hybridized carbons (Fsp3) is 0.0952. The molecule has 0 aliphatic heterocycles. The van der Waals surface area contributed by atoms with Crippen molar-refractivity contribution < 1.29 is 0 Å². The molecule has 0 aliphatic carbocycles. The SMILES string of the molecule is CC(=NNc1nc(-c2ccccc2)cs1)c1sc2nc3ccccc3n2c1C. The molecule has 28 heavy (non-hydrogen) atoms. The number of benzene rings is 2. The van der Waals surface area contributed by atoms with E-state index < -0.39 is 0 Å². The molecule has 138 valence electrons. The number of anilines is 1. The molecule has 0 spiro atoms. The first-order valence-electron chi connectivity index (χ1n) is 8.89. The van der Waals surface area contributed by atoms with Gasteiger partial charge >= 0.3 is 0 Å². The Kier molecular flexibility index (Phi) is 4.18. The summed E-state index contributed by atoms with van der Waals surface area (Å²) in [6, 6.07) is 18.4. The number of hydrogen-bond acceptors (Lipinski definition) is 6. The van der Waals surface area contributed by atoms with Gasteiger partial charge in [0.15, 0.2) is 4.96 Å². The molecule has 7 heteroatoms. The molecule has 0 saturated carbocycles. The van der Waals surface area contributed by atoms with Crippen LogP contribution in [0, 0.1) is 6.92 Å². The van der Waals surface area contributed by atoms with Crippen LogP contribution in [0.25, 0.3) is 27.3 Å². The van der Waals surface area contributed by atoms with Gasteiger partial charge in [0.25, 0.3) is 0 Å². The van der Waals surface area contributed by atoms with Crippen molar-refractivity contribution in [1.29, 1.82) is 0 Å². The quantitative estimate of drug-likeness (QED) is 0.304. The maximum Gasteiger partial charge on any atom is 0.203 e. The van der Waals surface area contributed by atoms with Crippen molar-refractivity contribution in [2.45, 2.75) is 13.8 Å². The van der Waals surface area contributed by atoms with Gasteiger partial charge in [0.05, 0.1) is 27.3 Å². The van der Waals surface area contributed by atoms with Crippen LogP contribution in [0.3, 0.4) is 0 Å². The number of thiazole rings is 2. The van der Waals surface area contributed by atoms with Gasteiger partial charge < -0.3 is 0 Å². The third-order valence-corrected chi connectivity index (χ3v) is 6.61. The molecular formula is C21H17N5S2. The predicted octanol–water partition coefficient (Wildman–Crippen LogP) is 5.82. The summed E-state index contributed by atoms with van der Waals surface area (Å²) < 4.78 is 2.20. The summed E-state index contributed by atoms with van der Waals surface area (Å²) in [6.07, 6.45) is 0. The number of nitrogens with one attached hydrogen (secondary N) is 1. The molecule has 5 nitrogen and oxygen atoms in total. The van der Waals surface area contributed by atoms with E-state index in [9.17, 15) is 0 Å². The van der Waals surface area contributed by atoms with E-state index >= 15 is 0 Å². The number of aromatic nitrogens is 3. The average molecular weight is 404 g/mol. The number of fused-ring (bicyclic) bond motifs is 3. The van der Waals surface area contributed by atoms with Gasteiger partial charge in [-0.05, 0) is 26.0 Å². The zero-order valence-corrected chi connectivity index (χ0v) is 17.0. The van der Waals surface area contributed by atoms with Crippen LogP contribution in [0.2, 0.25) is 0 Å². The van der Waals surface area contributed by atoms with Gasteiger partial charge in [0.2, 0.25) is 5.13 Å². The highest BCUT2D eigenvalue weighted by atomic mass is 32.1. The number of hydrogen-bond donors (Lipinski definition) is 1. The Morgan fingerprint density at radius 1 is 1.04 bits per heavy atom. The van der Waals surface area contributed by atoms with Crippen molar-refractivity contribution in [1.82, 2.24) is 14.4 Å². The van der Waals surface area contributed by atoms with Crippen LogP contribution >= 0.6 is 22.7 Å². The van der Waals surface area contributed by atoms with Gasteiger partial charge in [-0.25, -0.2) is 9.97 Å². The molecule has 2 aromatic carbocycles. The Morgan fingerprint density at radius 2 is 1.82 bits per heavy atom. The summed E-state index contributed by atoms with van der Waals surface area (Å²) >= 11 is 3.21. The third kappa shape index (κ3) is 2.89. The second-order valence-electron chi connectivity index (χ2n) is 6.45. The highest BCUT2D eigenvalue weighted by molar-refractivity contribution is 7.19. The summed E-state index contributed by atoms with van der Waals surface area (Å²) in [7, 11) is 0. The Bertz CT molecular complexity index is 1310. The van der Waals surface area contributed by atoms with Crippen LogP contribution in [0.5, 0.6) is 0 Å². The molecule has 0 aliphatic rings. The molecular weight excluding hydrogens is 386 g/mol. The standard InChI is InChI=1S/C21H17N5S2/c1-13(24-25-20-22-17(12-27-20)15-8-4-3-5-9-15)19-14(2)26-18-11-7-6-10-16(18)23-21(26)28-19/h3-12H,1-2H3,(H,22,25). The van der Waals surface area contributed by atoms with Crippen molar-refractivity contribution in [3.05, 3.63) is 70.5 Å². The molecule has 0 radical (unpaired) electrons. The van der Waals surface area contributed by atoms with E-state index in [-0.39, 0.29) is 0 Å². The first kappa shape index (κ1) is 17.1. The van der Waals surface area contributed by atoms with E-state index in [1.807, 2.05) is 48.7 Å². The molecule has 3 heterocycles. The second kappa shape index (κ2) is 6.85. The molecule has 0 bridgehead atoms. The van der Waals surface area contributed by atoms with Gasteiger partial charge in [-0.2, -0.15) is 5.10 Å². The number of aryl methyl sites for hydroxylation is 1. The molecule has 0 atom stereocenters. The van der Waals surface area contributed by atoms with Crippen molar-refractivity contribution in [3.63, 3.8) is 0 Å². The van der Waals surface area contributed by atoms with Crippen molar-refractivity contribution in [2.75, 3.05) is 5.43 Å². The van der Waals surface area contributed by atoms with Crippen molar-refractivity contribution in [2.24, 2.45) is 5.10 Å². The summed E-state index contributed by atoms with van der Waals surface area (Å²) in [5.74, 6) is 0. The average Bonchev–Trinajstić information content (AvgIpc) is 3.42. The van der Waals surface area contributed by atoms with Crippen LogP contribution in [0.15, 0.2) is 65.1 Å². The van der Waals surface area contributed by atoms with E-state index in [4.69, 9.17) is 4.98 Å². The number of nitrogens with zero attached hydrogens (tertiary/aromatic N) is 4.